The standard InChI is InChI=1S/C20H33NO6/c1-12-5-6-15-13(2)16(24-18(23)21(4)9-10-22)11-17-20(15)14(12)7-8-19(3,25-17)26-27-20/h12-17,22H,5-11H2,1-4H3/t12-,13-,14+,15+,16+,17+,19-,20-/m1/s1. The molecule has 1 N–H and O–H groups in total. The van der Waals surface area contributed by atoms with Crippen LogP contribution in [0.25, 0.3) is 0 Å². The smallest absolute Gasteiger partial charge is 0.409 e. The van der Waals surface area contributed by atoms with Crippen molar-refractivity contribution in [1.82, 2.24) is 4.90 Å². The van der Waals surface area contributed by atoms with Crippen LogP contribution in [0.15, 0.2) is 0 Å². The van der Waals surface area contributed by atoms with Crippen molar-refractivity contribution < 1.29 is 29.1 Å². The molecule has 3 saturated heterocycles. The summed E-state index contributed by atoms with van der Waals surface area (Å²) in [5.41, 5.74) is -0.437. The Kier molecular flexibility index (Phi) is 4.94. The van der Waals surface area contributed by atoms with Crippen LogP contribution in [-0.4, -0.2) is 59.9 Å². The molecule has 1 spiro atoms. The van der Waals surface area contributed by atoms with Gasteiger partial charge < -0.3 is 19.5 Å². The number of aliphatic hydroxyl groups is 1. The van der Waals surface area contributed by atoms with Crippen molar-refractivity contribution in [3.05, 3.63) is 0 Å². The molecule has 2 aliphatic carbocycles. The summed E-state index contributed by atoms with van der Waals surface area (Å²) in [5, 5.41) is 9.07. The number of nitrogens with zero attached hydrogens (tertiary/aromatic N) is 1. The van der Waals surface area contributed by atoms with Crippen LogP contribution in [-0.2, 0) is 19.2 Å². The van der Waals surface area contributed by atoms with E-state index in [0.29, 0.717) is 18.3 Å². The van der Waals surface area contributed by atoms with Crippen LogP contribution in [0.4, 0.5) is 4.79 Å². The van der Waals surface area contributed by atoms with E-state index >= 15 is 0 Å². The highest BCUT2D eigenvalue weighted by atomic mass is 17.3. The lowest BCUT2D eigenvalue weighted by Gasteiger charge is -2.60. The van der Waals surface area contributed by atoms with E-state index in [9.17, 15) is 4.79 Å². The SMILES string of the molecule is C[C@H]1[C@@H](OC(=O)N(C)CCO)C[C@@H]2O[C@@]3(C)CC[C@H]4[C@H](C)CC[C@@H]1[C@@]24OO3. The first-order valence-electron chi connectivity index (χ1n) is 10.4. The topological polar surface area (TPSA) is 77.5 Å². The second-order valence-corrected chi connectivity index (χ2v) is 9.23. The number of aliphatic hydroxyl groups excluding tert-OH is 1. The minimum Gasteiger partial charge on any atom is -0.446 e. The minimum absolute atomic E-state index is 0.0770. The maximum Gasteiger partial charge on any atom is 0.409 e. The molecule has 0 aromatic rings. The molecule has 3 heterocycles. The third-order valence-electron chi connectivity index (χ3n) is 7.61. The molecule has 0 aromatic carbocycles. The molecule has 0 radical (unpaired) electrons. The average molecular weight is 383 g/mol. The van der Waals surface area contributed by atoms with Crippen molar-refractivity contribution in [3.63, 3.8) is 0 Å². The molecule has 27 heavy (non-hydrogen) atoms. The van der Waals surface area contributed by atoms with E-state index in [2.05, 4.69) is 13.8 Å². The molecule has 2 saturated carbocycles. The summed E-state index contributed by atoms with van der Waals surface area (Å²) in [4.78, 5) is 25.9. The van der Waals surface area contributed by atoms with Gasteiger partial charge in [-0.25, -0.2) is 14.6 Å². The monoisotopic (exact) mass is 383 g/mol. The Hall–Kier alpha value is -0.890. The number of hydrogen-bond acceptors (Lipinski definition) is 6. The van der Waals surface area contributed by atoms with Crippen molar-refractivity contribution >= 4 is 6.09 Å². The molecular formula is C20H33NO6. The molecule has 7 nitrogen and oxygen atoms in total. The summed E-state index contributed by atoms with van der Waals surface area (Å²) in [6.45, 7) is 6.62. The van der Waals surface area contributed by atoms with Crippen molar-refractivity contribution in [2.45, 2.75) is 76.5 Å². The van der Waals surface area contributed by atoms with E-state index < -0.39 is 11.4 Å². The van der Waals surface area contributed by atoms with Gasteiger partial charge in [-0.2, -0.15) is 0 Å². The molecule has 3 aliphatic heterocycles. The second kappa shape index (κ2) is 6.87. The highest BCUT2D eigenvalue weighted by molar-refractivity contribution is 5.67. The van der Waals surface area contributed by atoms with E-state index in [1.54, 1.807) is 7.05 Å². The third-order valence-corrected chi connectivity index (χ3v) is 7.61. The number of carbonyl (C=O) groups is 1. The molecule has 1 amide bonds. The second-order valence-electron chi connectivity index (χ2n) is 9.23. The molecule has 5 rings (SSSR count). The summed E-state index contributed by atoms with van der Waals surface area (Å²) in [7, 11) is 1.65. The van der Waals surface area contributed by atoms with E-state index in [1.807, 2.05) is 6.92 Å². The maximum atomic E-state index is 12.4. The number of likely N-dealkylation sites (N-methyl/N-ethyl adjacent to an activating group) is 1. The van der Waals surface area contributed by atoms with Crippen molar-refractivity contribution in [1.29, 1.82) is 0 Å². The van der Waals surface area contributed by atoms with Gasteiger partial charge in [-0.15, -0.1) is 0 Å². The number of hydrogen-bond donors (Lipinski definition) is 1. The molecule has 0 aromatic heterocycles. The van der Waals surface area contributed by atoms with Gasteiger partial charge in [-0.1, -0.05) is 13.8 Å². The fourth-order valence-corrected chi connectivity index (χ4v) is 6.05. The highest BCUT2D eigenvalue weighted by Crippen LogP contribution is 2.61. The Morgan fingerprint density at radius 3 is 2.74 bits per heavy atom. The van der Waals surface area contributed by atoms with Gasteiger partial charge in [0.25, 0.3) is 0 Å². The molecule has 0 unspecified atom stereocenters. The van der Waals surface area contributed by atoms with Crippen LogP contribution in [0.2, 0.25) is 0 Å². The van der Waals surface area contributed by atoms with E-state index in [4.69, 9.17) is 24.4 Å². The van der Waals surface area contributed by atoms with Crippen LogP contribution in [0.3, 0.4) is 0 Å². The van der Waals surface area contributed by atoms with Crippen molar-refractivity contribution in [2.24, 2.45) is 23.7 Å². The first kappa shape index (κ1) is 19.4. The number of rotatable bonds is 3. The van der Waals surface area contributed by atoms with Crippen molar-refractivity contribution in [2.75, 3.05) is 20.2 Å². The fraction of sp³-hybridized carbons (Fsp3) is 0.950. The Bertz CT molecular complexity index is 587. The van der Waals surface area contributed by atoms with Crippen molar-refractivity contribution in [3.8, 4) is 0 Å². The van der Waals surface area contributed by atoms with Crippen LogP contribution < -0.4 is 0 Å². The highest BCUT2D eigenvalue weighted by Gasteiger charge is 2.68. The van der Waals surface area contributed by atoms with E-state index in [0.717, 1.165) is 25.7 Å². The Balaban J connectivity index is 1.61. The van der Waals surface area contributed by atoms with Crippen LogP contribution in [0, 0.1) is 23.7 Å². The molecule has 154 valence electrons. The van der Waals surface area contributed by atoms with Gasteiger partial charge in [0.1, 0.15) is 11.7 Å². The Morgan fingerprint density at radius 2 is 2.00 bits per heavy atom. The number of carbonyl (C=O) groups excluding carboxylic acids is 1. The van der Waals surface area contributed by atoms with E-state index in [-0.39, 0.29) is 43.3 Å². The minimum atomic E-state index is -0.722. The number of ether oxygens (including phenoxy) is 2. The predicted octanol–water partition coefficient (Wildman–Crippen LogP) is 2.71. The third kappa shape index (κ3) is 2.98. The molecule has 5 fully saturated rings. The molecule has 2 bridgehead atoms. The zero-order valence-electron chi connectivity index (χ0n) is 16.8. The van der Waals surface area contributed by atoms with Gasteiger partial charge >= 0.3 is 6.09 Å². The lowest BCUT2D eigenvalue weighted by atomic mass is 9.53. The molecule has 7 heteroatoms. The van der Waals surface area contributed by atoms with Crippen LogP contribution in [0.5, 0.6) is 0 Å². The predicted molar refractivity (Wildman–Crippen MR) is 96.6 cm³/mol. The summed E-state index contributed by atoms with van der Waals surface area (Å²) in [5.74, 6) is 0.652. The normalized spacial score (nSPS) is 48.5. The first-order valence-corrected chi connectivity index (χ1v) is 10.4. The molecule has 8 atom stereocenters. The van der Waals surface area contributed by atoms with Gasteiger partial charge in [0.2, 0.25) is 0 Å². The Labute approximate surface area is 161 Å². The quantitative estimate of drug-likeness (QED) is 0.755. The van der Waals surface area contributed by atoms with Gasteiger partial charge in [0.15, 0.2) is 5.79 Å². The molecule has 5 aliphatic rings. The zero-order valence-corrected chi connectivity index (χ0v) is 16.8. The fourth-order valence-electron chi connectivity index (χ4n) is 6.05. The maximum absolute atomic E-state index is 12.4. The van der Waals surface area contributed by atoms with Gasteiger partial charge in [0.05, 0.1) is 12.7 Å². The summed E-state index contributed by atoms with van der Waals surface area (Å²) < 4.78 is 12.3. The average Bonchev–Trinajstić information content (AvgIpc) is 2.85. The first-order chi connectivity index (χ1) is 12.8. The Morgan fingerprint density at radius 1 is 1.22 bits per heavy atom. The van der Waals surface area contributed by atoms with Crippen LogP contribution in [0.1, 0.15) is 52.9 Å². The van der Waals surface area contributed by atoms with E-state index in [1.165, 1.54) is 4.90 Å². The summed E-state index contributed by atoms with van der Waals surface area (Å²) >= 11 is 0. The van der Waals surface area contributed by atoms with Gasteiger partial charge in [-0.3, -0.25) is 0 Å². The lowest BCUT2D eigenvalue weighted by Crippen LogP contribution is -2.69. The molecular weight excluding hydrogens is 350 g/mol. The lowest BCUT2D eigenvalue weighted by molar-refractivity contribution is -0.540. The summed E-state index contributed by atoms with van der Waals surface area (Å²) in [6.07, 6.45) is 3.93. The van der Waals surface area contributed by atoms with Gasteiger partial charge in [0, 0.05) is 32.4 Å². The zero-order chi connectivity index (χ0) is 19.4. The summed E-state index contributed by atoms with van der Waals surface area (Å²) in [6, 6.07) is 0. The number of amides is 1. The number of fused-ring (bicyclic) bond motifs is 2. The largest absolute Gasteiger partial charge is 0.446 e. The van der Waals surface area contributed by atoms with Crippen LogP contribution >= 0.6 is 0 Å². The van der Waals surface area contributed by atoms with Gasteiger partial charge in [-0.05, 0) is 43.9 Å².